The number of nitrogens with two attached hydrogens (primary N) is 2. The number of halogens is 1. The van der Waals surface area contributed by atoms with Crippen molar-refractivity contribution in [3.05, 3.63) is 111 Å². The first kappa shape index (κ1) is 30.9. The Balaban J connectivity index is 1.33. The molecule has 0 saturated heterocycles. The first-order chi connectivity index (χ1) is 21.0. The highest BCUT2D eigenvalue weighted by atomic mass is 35.5. The van der Waals surface area contributed by atoms with Gasteiger partial charge in [-0.1, -0.05) is 48.0 Å². The third-order valence-electron chi connectivity index (χ3n) is 7.60. The fraction of sp³-hybridized carbons (Fsp3) is 0.212. The van der Waals surface area contributed by atoms with E-state index in [2.05, 4.69) is 10.6 Å². The second-order valence-corrected chi connectivity index (χ2v) is 12.3. The third-order valence-corrected chi connectivity index (χ3v) is 9.06. The van der Waals surface area contributed by atoms with Crippen molar-refractivity contribution in [3.8, 4) is 0 Å². The number of fused-ring (bicyclic) bond motifs is 1. The van der Waals surface area contributed by atoms with Crippen molar-refractivity contribution in [1.29, 1.82) is 5.41 Å². The van der Waals surface area contributed by atoms with Crippen LogP contribution in [-0.4, -0.2) is 35.6 Å². The van der Waals surface area contributed by atoms with E-state index in [-0.39, 0.29) is 30.6 Å². The minimum Gasteiger partial charge on any atom is -0.397 e. The zero-order chi connectivity index (χ0) is 31.5. The average molecular weight is 628 g/mol. The summed E-state index contributed by atoms with van der Waals surface area (Å²) in [6.07, 6.45) is -0.704. The number of rotatable bonds is 7. The minimum absolute atomic E-state index is 0.0218. The molecule has 0 bridgehead atoms. The SMILES string of the molecule is CC(=N)N1c2sc(C)c(C)c2C(c2ccc(Cl)cc2)=N[C@@H](CC(=O)NCc2ccc(C(=O)Nc3ccccc3N)cc2)C1N. The van der Waals surface area contributed by atoms with E-state index >= 15 is 0 Å². The van der Waals surface area contributed by atoms with Gasteiger partial charge in [-0.3, -0.25) is 20.0 Å². The number of nitrogens with zero attached hydrogens (tertiary/aromatic N) is 2. The molecule has 11 heteroatoms. The van der Waals surface area contributed by atoms with Gasteiger partial charge in [0.25, 0.3) is 5.91 Å². The molecule has 0 fully saturated rings. The van der Waals surface area contributed by atoms with Gasteiger partial charge in [0.1, 0.15) is 11.2 Å². The molecule has 2 heterocycles. The number of carbonyl (C=O) groups excluding carboxylic acids is 2. The normalized spacial score (nSPS) is 16.0. The number of nitrogens with one attached hydrogen (secondary N) is 3. The van der Waals surface area contributed by atoms with Gasteiger partial charge < -0.3 is 27.0 Å². The topological polar surface area (TPSA) is 150 Å². The summed E-state index contributed by atoms with van der Waals surface area (Å²) in [4.78, 5) is 33.9. The molecule has 9 nitrogen and oxygen atoms in total. The summed E-state index contributed by atoms with van der Waals surface area (Å²) >= 11 is 7.75. The molecule has 1 aliphatic rings. The zero-order valence-corrected chi connectivity index (χ0v) is 26.2. The van der Waals surface area contributed by atoms with Gasteiger partial charge in [0, 0.05) is 33.1 Å². The van der Waals surface area contributed by atoms with E-state index in [4.69, 9.17) is 33.5 Å². The smallest absolute Gasteiger partial charge is 0.255 e. The summed E-state index contributed by atoms with van der Waals surface area (Å²) in [5, 5.41) is 15.8. The van der Waals surface area contributed by atoms with Crippen LogP contribution in [0.4, 0.5) is 16.4 Å². The Bertz CT molecular complexity index is 1750. The van der Waals surface area contributed by atoms with Crippen LogP contribution in [0.25, 0.3) is 0 Å². The summed E-state index contributed by atoms with van der Waals surface area (Å²) in [5.74, 6) is -0.232. The molecule has 2 atom stereocenters. The largest absolute Gasteiger partial charge is 0.397 e. The molecule has 4 aromatic rings. The Hall–Kier alpha value is -4.51. The molecule has 0 aliphatic carbocycles. The molecule has 44 heavy (non-hydrogen) atoms. The van der Waals surface area contributed by atoms with Crippen molar-refractivity contribution in [2.75, 3.05) is 16.0 Å². The van der Waals surface area contributed by atoms with Gasteiger partial charge in [-0.2, -0.15) is 0 Å². The highest BCUT2D eigenvalue weighted by Crippen LogP contribution is 2.40. The number of aliphatic imine (C=N–C) groups is 1. The highest BCUT2D eigenvalue weighted by molar-refractivity contribution is 7.17. The molecule has 226 valence electrons. The molecule has 1 aromatic heterocycles. The Kier molecular flexibility index (Phi) is 9.14. The maximum Gasteiger partial charge on any atom is 0.255 e. The van der Waals surface area contributed by atoms with E-state index in [0.717, 1.165) is 37.8 Å². The molecular formula is C33H34ClN7O2S. The van der Waals surface area contributed by atoms with Gasteiger partial charge in [0.2, 0.25) is 5.91 Å². The molecular weight excluding hydrogens is 594 g/mol. The predicted octanol–water partition coefficient (Wildman–Crippen LogP) is 5.87. The summed E-state index contributed by atoms with van der Waals surface area (Å²) in [6, 6.07) is 20.9. The van der Waals surface area contributed by atoms with Crippen LogP contribution in [0.2, 0.25) is 5.02 Å². The van der Waals surface area contributed by atoms with E-state index in [1.165, 1.54) is 0 Å². The molecule has 3 aromatic carbocycles. The van der Waals surface area contributed by atoms with Crippen LogP contribution >= 0.6 is 22.9 Å². The summed E-state index contributed by atoms with van der Waals surface area (Å²) in [5.41, 5.74) is 18.6. The van der Waals surface area contributed by atoms with Crippen LogP contribution < -0.4 is 27.0 Å². The van der Waals surface area contributed by atoms with Crippen LogP contribution in [-0.2, 0) is 11.3 Å². The summed E-state index contributed by atoms with van der Waals surface area (Å²) < 4.78 is 0. The van der Waals surface area contributed by atoms with Crippen molar-refractivity contribution in [3.63, 3.8) is 0 Å². The van der Waals surface area contributed by atoms with E-state index in [0.29, 0.717) is 22.0 Å². The summed E-state index contributed by atoms with van der Waals surface area (Å²) in [6.45, 7) is 6.04. The predicted molar refractivity (Wildman–Crippen MR) is 180 cm³/mol. The Labute approximate surface area is 265 Å². The van der Waals surface area contributed by atoms with Crippen molar-refractivity contribution >= 4 is 62.7 Å². The number of thiophene rings is 1. The van der Waals surface area contributed by atoms with Gasteiger partial charge in [0.15, 0.2) is 0 Å². The first-order valence-corrected chi connectivity index (χ1v) is 15.3. The van der Waals surface area contributed by atoms with E-state index in [1.807, 2.05) is 38.1 Å². The maximum absolute atomic E-state index is 13.3. The number of hydrogen-bond acceptors (Lipinski definition) is 7. The van der Waals surface area contributed by atoms with Crippen LogP contribution in [0.1, 0.15) is 50.8 Å². The van der Waals surface area contributed by atoms with Gasteiger partial charge in [-0.25, -0.2) is 0 Å². The molecule has 0 saturated carbocycles. The number of benzene rings is 3. The molecule has 0 spiro atoms. The third kappa shape index (κ3) is 6.52. The van der Waals surface area contributed by atoms with Crippen LogP contribution in [0.5, 0.6) is 0 Å². The van der Waals surface area contributed by atoms with Crippen molar-refractivity contribution in [2.24, 2.45) is 10.7 Å². The number of anilines is 3. The number of aryl methyl sites for hydroxylation is 1. The lowest BCUT2D eigenvalue weighted by Gasteiger charge is -2.31. The second-order valence-electron chi connectivity index (χ2n) is 10.7. The van der Waals surface area contributed by atoms with Gasteiger partial charge >= 0.3 is 0 Å². The average Bonchev–Trinajstić information content (AvgIpc) is 3.21. The van der Waals surface area contributed by atoms with E-state index in [1.54, 1.807) is 71.7 Å². The number of amidine groups is 1. The number of hydrogen-bond donors (Lipinski definition) is 5. The lowest BCUT2D eigenvalue weighted by molar-refractivity contribution is -0.121. The van der Waals surface area contributed by atoms with Crippen LogP contribution in [0.3, 0.4) is 0 Å². The Morgan fingerprint density at radius 2 is 1.73 bits per heavy atom. The fourth-order valence-corrected chi connectivity index (χ4v) is 6.46. The minimum atomic E-state index is -0.726. The first-order valence-electron chi connectivity index (χ1n) is 14.1. The molecule has 5 rings (SSSR count). The van der Waals surface area contributed by atoms with Gasteiger partial charge in [-0.15, -0.1) is 11.3 Å². The number of nitrogen functional groups attached to an aromatic ring is 1. The monoisotopic (exact) mass is 627 g/mol. The highest BCUT2D eigenvalue weighted by Gasteiger charge is 2.36. The van der Waals surface area contributed by atoms with Crippen molar-refractivity contribution < 1.29 is 9.59 Å². The zero-order valence-electron chi connectivity index (χ0n) is 24.6. The number of carbonyl (C=O) groups is 2. The van der Waals surface area contributed by atoms with Crippen molar-refractivity contribution in [1.82, 2.24) is 5.32 Å². The molecule has 2 amide bonds. The number of para-hydroxylation sites is 2. The van der Waals surface area contributed by atoms with E-state index < -0.39 is 12.2 Å². The van der Waals surface area contributed by atoms with Crippen molar-refractivity contribution in [2.45, 2.75) is 45.9 Å². The molecule has 1 aliphatic heterocycles. The van der Waals surface area contributed by atoms with Gasteiger partial charge in [-0.05, 0) is 68.3 Å². The van der Waals surface area contributed by atoms with Gasteiger partial charge in [0.05, 0.1) is 35.4 Å². The fourth-order valence-electron chi connectivity index (χ4n) is 5.08. The van der Waals surface area contributed by atoms with Crippen LogP contribution in [0, 0.1) is 19.3 Å². The van der Waals surface area contributed by atoms with E-state index in [9.17, 15) is 9.59 Å². The maximum atomic E-state index is 13.3. The second kappa shape index (κ2) is 13.0. The lowest BCUT2D eigenvalue weighted by Crippen LogP contribution is -2.52. The molecule has 1 unspecified atom stereocenters. The quantitative estimate of drug-likeness (QED) is 0.0987. The molecule has 7 N–H and O–H groups in total. The number of amides is 2. The lowest BCUT2D eigenvalue weighted by atomic mass is 9.99. The van der Waals surface area contributed by atoms with Crippen LogP contribution in [0.15, 0.2) is 77.8 Å². The Morgan fingerprint density at radius 1 is 1.05 bits per heavy atom. The standard InChI is InChI=1S/C33H34ClN7O2S/c1-18-19(2)44-33-29(18)30(22-12-14-24(34)15-13-22)39-27(31(37)41(33)20(3)35)16-28(42)38-17-21-8-10-23(11-9-21)32(43)40-26-7-5-4-6-25(26)36/h4-15,27,31,35H,16-17,36-37H2,1-3H3,(H,38,42)(H,40,43)/t27-,31?/m0/s1. The molecule has 0 radical (unpaired) electrons. The summed E-state index contributed by atoms with van der Waals surface area (Å²) in [7, 11) is 0. The Morgan fingerprint density at radius 3 is 2.39 bits per heavy atom.